The normalized spacial score (nSPS) is 10.9. The largest absolute Gasteiger partial charge is 0.508 e. The Bertz CT molecular complexity index is 1030. The van der Waals surface area contributed by atoms with Crippen molar-refractivity contribution in [3.8, 4) is 11.8 Å². The molecule has 0 saturated heterocycles. The van der Waals surface area contributed by atoms with Gasteiger partial charge in [0.05, 0.1) is 0 Å². The molecular weight excluding hydrogens is 374 g/mol. The van der Waals surface area contributed by atoms with Gasteiger partial charge in [0, 0.05) is 25.0 Å². The first-order valence-corrected chi connectivity index (χ1v) is 9.60. The minimum atomic E-state index is -0.489. The van der Waals surface area contributed by atoms with Gasteiger partial charge in [0.1, 0.15) is 17.4 Å². The fourth-order valence-corrected chi connectivity index (χ4v) is 3.08. The van der Waals surface area contributed by atoms with Crippen LogP contribution in [-0.2, 0) is 17.9 Å². The molecule has 0 unspecified atom stereocenters. The second-order valence-electron chi connectivity index (χ2n) is 6.98. The summed E-state index contributed by atoms with van der Waals surface area (Å²) in [6.07, 6.45) is 1.60. The Labute approximate surface area is 176 Å². The smallest absolute Gasteiger partial charge is 0.267 e. The predicted molar refractivity (Wildman–Crippen MR) is 117 cm³/mol. The third-order valence-electron chi connectivity index (χ3n) is 4.59. The molecule has 0 aromatic heterocycles. The molecule has 3 aromatic rings. The molecule has 3 aromatic carbocycles. The number of rotatable bonds is 7. The molecule has 1 amide bonds. The molecule has 0 saturated carbocycles. The van der Waals surface area contributed by atoms with Crippen molar-refractivity contribution in [3.63, 3.8) is 0 Å². The summed E-state index contributed by atoms with van der Waals surface area (Å²) in [5.41, 5.74) is 3.44. The summed E-state index contributed by atoms with van der Waals surface area (Å²) in [7, 11) is 0. The van der Waals surface area contributed by atoms with E-state index in [1.807, 2.05) is 71.6 Å². The maximum absolute atomic E-state index is 12.7. The summed E-state index contributed by atoms with van der Waals surface area (Å²) in [5, 5.41) is 21.9. The molecular formula is C25H23N3O2. The first-order valence-electron chi connectivity index (χ1n) is 9.60. The Morgan fingerprint density at radius 3 is 2.07 bits per heavy atom. The molecule has 0 aliphatic heterocycles. The van der Waals surface area contributed by atoms with E-state index in [-0.39, 0.29) is 11.3 Å². The van der Waals surface area contributed by atoms with E-state index >= 15 is 0 Å². The lowest BCUT2D eigenvalue weighted by atomic mass is 10.1. The standard InChI is InChI=1S/C25H23N3O2/c1-19-14-23(29)12-13-24(19)27-25(30)22(15-26)18-28(16-20-8-4-2-5-9-20)17-21-10-6-3-7-11-21/h2-14,18,29H,16-17H2,1H3,(H,27,30)/b22-18-. The van der Waals surface area contributed by atoms with Gasteiger partial charge < -0.3 is 15.3 Å². The van der Waals surface area contributed by atoms with Crippen LogP contribution in [0.1, 0.15) is 16.7 Å². The summed E-state index contributed by atoms with van der Waals surface area (Å²) in [6, 6.07) is 26.5. The first-order chi connectivity index (χ1) is 14.5. The van der Waals surface area contributed by atoms with Crippen molar-refractivity contribution in [3.05, 3.63) is 107 Å². The summed E-state index contributed by atoms with van der Waals surface area (Å²) < 4.78 is 0. The minimum absolute atomic E-state index is 0.00865. The third kappa shape index (κ3) is 5.73. The molecule has 150 valence electrons. The van der Waals surface area contributed by atoms with Crippen LogP contribution in [0.4, 0.5) is 5.69 Å². The summed E-state index contributed by atoms with van der Waals surface area (Å²) in [5.74, 6) is -0.365. The summed E-state index contributed by atoms with van der Waals surface area (Å²) in [4.78, 5) is 14.7. The zero-order chi connectivity index (χ0) is 21.3. The van der Waals surface area contributed by atoms with E-state index in [2.05, 4.69) is 5.32 Å². The average Bonchev–Trinajstić information content (AvgIpc) is 2.75. The SMILES string of the molecule is Cc1cc(O)ccc1NC(=O)/C(C#N)=C\N(Cc1ccccc1)Cc1ccccc1. The van der Waals surface area contributed by atoms with Gasteiger partial charge in [0.25, 0.3) is 5.91 Å². The van der Waals surface area contributed by atoms with Gasteiger partial charge in [0.2, 0.25) is 0 Å². The molecule has 0 bridgehead atoms. The first kappa shape index (κ1) is 20.7. The van der Waals surface area contributed by atoms with Gasteiger partial charge in [-0.2, -0.15) is 5.26 Å². The number of anilines is 1. The third-order valence-corrected chi connectivity index (χ3v) is 4.59. The number of carbonyl (C=O) groups excluding carboxylic acids is 1. The van der Waals surface area contributed by atoms with Crippen LogP contribution in [0, 0.1) is 18.3 Å². The molecule has 0 spiro atoms. The molecule has 0 heterocycles. The quantitative estimate of drug-likeness (QED) is 0.343. The van der Waals surface area contributed by atoms with Crippen LogP contribution in [0.2, 0.25) is 0 Å². The van der Waals surface area contributed by atoms with Gasteiger partial charge in [-0.25, -0.2) is 0 Å². The van der Waals surface area contributed by atoms with Crippen molar-refractivity contribution < 1.29 is 9.90 Å². The number of benzene rings is 3. The van der Waals surface area contributed by atoms with E-state index < -0.39 is 5.91 Å². The Morgan fingerprint density at radius 1 is 1.00 bits per heavy atom. The van der Waals surface area contributed by atoms with Crippen molar-refractivity contribution in [2.75, 3.05) is 5.32 Å². The van der Waals surface area contributed by atoms with E-state index in [4.69, 9.17) is 0 Å². The molecule has 3 rings (SSSR count). The van der Waals surface area contributed by atoms with Gasteiger partial charge in [-0.3, -0.25) is 4.79 Å². The Kier molecular flexibility index (Phi) is 6.86. The number of hydrogen-bond acceptors (Lipinski definition) is 4. The van der Waals surface area contributed by atoms with Crippen molar-refractivity contribution in [2.24, 2.45) is 0 Å². The van der Waals surface area contributed by atoms with Gasteiger partial charge >= 0.3 is 0 Å². The molecule has 5 heteroatoms. The zero-order valence-corrected chi connectivity index (χ0v) is 16.7. The number of phenols is 1. The average molecular weight is 397 g/mol. The van der Waals surface area contributed by atoms with Gasteiger partial charge in [0.15, 0.2) is 0 Å². The highest BCUT2D eigenvalue weighted by Crippen LogP contribution is 2.21. The summed E-state index contributed by atoms with van der Waals surface area (Å²) >= 11 is 0. The Morgan fingerprint density at radius 2 is 1.57 bits per heavy atom. The number of carbonyl (C=O) groups is 1. The second-order valence-corrected chi connectivity index (χ2v) is 6.98. The molecule has 0 fully saturated rings. The highest BCUT2D eigenvalue weighted by molar-refractivity contribution is 6.06. The maximum atomic E-state index is 12.7. The number of nitriles is 1. The Hall–Kier alpha value is -4.04. The van der Waals surface area contributed by atoms with Crippen molar-refractivity contribution in [1.82, 2.24) is 4.90 Å². The maximum Gasteiger partial charge on any atom is 0.267 e. The molecule has 2 N–H and O–H groups in total. The molecule has 5 nitrogen and oxygen atoms in total. The number of aromatic hydroxyl groups is 1. The van der Waals surface area contributed by atoms with Gasteiger partial charge in [-0.15, -0.1) is 0 Å². The fraction of sp³-hybridized carbons (Fsp3) is 0.120. The zero-order valence-electron chi connectivity index (χ0n) is 16.7. The van der Waals surface area contributed by atoms with Gasteiger partial charge in [-0.05, 0) is 41.8 Å². The number of amides is 1. The number of hydrogen-bond donors (Lipinski definition) is 2. The molecule has 0 radical (unpaired) electrons. The highest BCUT2D eigenvalue weighted by atomic mass is 16.3. The van der Waals surface area contributed by atoms with E-state index in [9.17, 15) is 15.2 Å². The molecule has 30 heavy (non-hydrogen) atoms. The molecule has 0 atom stereocenters. The molecule has 0 aliphatic carbocycles. The number of phenolic OH excluding ortho intramolecular Hbond substituents is 1. The monoisotopic (exact) mass is 397 g/mol. The van der Waals surface area contributed by atoms with Crippen LogP contribution < -0.4 is 5.32 Å². The summed E-state index contributed by atoms with van der Waals surface area (Å²) in [6.45, 7) is 2.90. The fourth-order valence-electron chi connectivity index (χ4n) is 3.08. The predicted octanol–water partition coefficient (Wildman–Crippen LogP) is 4.75. The van der Waals surface area contributed by atoms with E-state index in [1.54, 1.807) is 25.3 Å². The Balaban J connectivity index is 1.84. The van der Waals surface area contributed by atoms with E-state index in [0.717, 1.165) is 11.1 Å². The van der Waals surface area contributed by atoms with Crippen LogP contribution in [0.5, 0.6) is 5.75 Å². The molecule has 0 aliphatic rings. The van der Waals surface area contributed by atoms with Crippen LogP contribution in [-0.4, -0.2) is 15.9 Å². The number of aryl methyl sites for hydroxylation is 1. The van der Waals surface area contributed by atoms with Crippen molar-refractivity contribution in [1.29, 1.82) is 5.26 Å². The highest BCUT2D eigenvalue weighted by Gasteiger charge is 2.14. The number of nitrogens with zero attached hydrogens (tertiary/aromatic N) is 2. The lowest BCUT2D eigenvalue weighted by Crippen LogP contribution is -2.21. The number of nitrogens with one attached hydrogen (secondary N) is 1. The second kappa shape index (κ2) is 9.94. The van der Waals surface area contributed by atoms with E-state index in [1.165, 1.54) is 6.07 Å². The van der Waals surface area contributed by atoms with Crippen LogP contribution in [0.15, 0.2) is 90.6 Å². The topological polar surface area (TPSA) is 76.4 Å². The van der Waals surface area contributed by atoms with Crippen molar-refractivity contribution in [2.45, 2.75) is 20.0 Å². The lowest BCUT2D eigenvalue weighted by Gasteiger charge is -2.21. The van der Waals surface area contributed by atoms with Crippen LogP contribution >= 0.6 is 0 Å². The van der Waals surface area contributed by atoms with Gasteiger partial charge in [-0.1, -0.05) is 60.7 Å². The lowest BCUT2D eigenvalue weighted by molar-refractivity contribution is -0.112. The van der Waals surface area contributed by atoms with Crippen LogP contribution in [0.25, 0.3) is 0 Å². The van der Waals surface area contributed by atoms with Crippen LogP contribution in [0.3, 0.4) is 0 Å². The minimum Gasteiger partial charge on any atom is -0.508 e. The van der Waals surface area contributed by atoms with Crippen molar-refractivity contribution >= 4 is 11.6 Å². The van der Waals surface area contributed by atoms with E-state index in [0.29, 0.717) is 24.3 Å².